The molecule has 0 fully saturated rings. The van der Waals surface area contributed by atoms with Gasteiger partial charge in [-0.15, -0.1) is 11.8 Å². The molecule has 0 radical (unpaired) electrons. The fourth-order valence-corrected chi connectivity index (χ4v) is 4.42. The largest absolute Gasteiger partial charge is 0.350 e. The molecule has 1 aromatic heterocycles. The molecule has 3 aromatic carbocycles. The number of nitrogens with zero attached hydrogens (tertiary/aromatic N) is 2. The lowest BCUT2D eigenvalue weighted by molar-refractivity contribution is -0.384. The van der Waals surface area contributed by atoms with E-state index in [0.717, 1.165) is 15.8 Å². The Morgan fingerprint density at radius 1 is 1.00 bits per heavy atom. The number of nitrogens with one attached hydrogen (secondary N) is 2. The molecule has 0 atom stereocenters. The molecule has 178 valence electrons. The number of fused-ring (bicyclic) bond motifs is 1. The molecule has 4 aromatic rings. The monoisotopic (exact) mass is 492 g/mol. The molecule has 0 aliphatic heterocycles. The molecule has 8 nitrogen and oxygen atoms in total. The maximum Gasteiger partial charge on any atom is 0.269 e. The van der Waals surface area contributed by atoms with Crippen LogP contribution in [0.1, 0.15) is 10.4 Å². The molecule has 2 amide bonds. The molecule has 0 aliphatic carbocycles. The molecule has 10 heteroatoms. The fraction of sp³-hybridized carbons (Fsp3) is 0.120. The minimum absolute atomic E-state index is 0.0759. The molecule has 2 N–H and O–H groups in total. The highest BCUT2D eigenvalue weighted by Gasteiger charge is 2.13. The van der Waals surface area contributed by atoms with Crippen LogP contribution in [0, 0.1) is 15.9 Å². The first kappa shape index (κ1) is 24.0. The molecule has 0 saturated heterocycles. The first-order valence-electron chi connectivity index (χ1n) is 10.7. The van der Waals surface area contributed by atoms with Crippen molar-refractivity contribution >= 4 is 45.9 Å². The van der Waals surface area contributed by atoms with E-state index in [-0.39, 0.29) is 28.9 Å². The Balaban J connectivity index is 1.37. The number of non-ortho nitro benzene ring substituents is 1. The minimum atomic E-state index is -0.516. The third-order valence-corrected chi connectivity index (χ3v) is 6.28. The third-order valence-electron chi connectivity index (χ3n) is 5.24. The van der Waals surface area contributed by atoms with Gasteiger partial charge in [-0.2, -0.15) is 0 Å². The van der Waals surface area contributed by atoms with Gasteiger partial charge >= 0.3 is 0 Å². The zero-order chi connectivity index (χ0) is 24.8. The highest BCUT2D eigenvalue weighted by molar-refractivity contribution is 8.00. The van der Waals surface area contributed by atoms with Gasteiger partial charge in [0.15, 0.2) is 0 Å². The van der Waals surface area contributed by atoms with Crippen LogP contribution in [0.5, 0.6) is 0 Å². The number of aromatic nitrogens is 1. The summed E-state index contributed by atoms with van der Waals surface area (Å²) in [5.74, 6) is -1.01. The van der Waals surface area contributed by atoms with Gasteiger partial charge in [0.05, 0.1) is 16.4 Å². The van der Waals surface area contributed by atoms with Gasteiger partial charge in [0.25, 0.3) is 11.6 Å². The number of halogens is 1. The van der Waals surface area contributed by atoms with Gasteiger partial charge in [-0.05, 0) is 30.3 Å². The van der Waals surface area contributed by atoms with Crippen molar-refractivity contribution in [3.05, 3.63) is 100 Å². The number of anilines is 1. The van der Waals surface area contributed by atoms with Crippen molar-refractivity contribution in [1.82, 2.24) is 9.88 Å². The third kappa shape index (κ3) is 5.85. The number of carbonyl (C=O) groups is 2. The summed E-state index contributed by atoms with van der Waals surface area (Å²) >= 11 is 1.35. The van der Waals surface area contributed by atoms with Crippen LogP contribution in [0.3, 0.4) is 0 Å². The highest BCUT2D eigenvalue weighted by atomic mass is 32.2. The smallest absolute Gasteiger partial charge is 0.269 e. The first-order chi connectivity index (χ1) is 16.9. The lowest BCUT2D eigenvalue weighted by atomic mass is 10.2. The predicted octanol–water partition coefficient (Wildman–Crippen LogP) is 4.85. The number of nitro groups is 1. The van der Waals surface area contributed by atoms with Crippen molar-refractivity contribution in [2.75, 3.05) is 17.6 Å². The fourth-order valence-electron chi connectivity index (χ4n) is 3.53. The van der Waals surface area contributed by atoms with Gasteiger partial charge in [-0.1, -0.05) is 30.3 Å². The van der Waals surface area contributed by atoms with Gasteiger partial charge in [-0.25, -0.2) is 4.39 Å². The van der Waals surface area contributed by atoms with Crippen LogP contribution in [0.2, 0.25) is 0 Å². The molecule has 0 saturated carbocycles. The number of carbonyl (C=O) groups excluding carboxylic acids is 2. The summed E-state index contributed by atoms with van der Waals surface area (Å²) < 4.78 is 15.8. The summed E-state index contributed by atoms with van der Waals surface area (Å²) in [4.78, 5) is 35.8. The Hall–Kier alpha value is -4.18. The second-order valence-corrected chi connectivity index (χ2v) is 8.60. The van der Waals surface area contributed by atoms with E-state index < -0.39 is 10.7 Å². The predicted molar refractivity (Wildman–Crippen MR) is 133 cm³/mol. The van der Waals surface area contributed by atoms with Crippen molar-refractivity contribution in [2.24, 2.45) is 0 Å². The quantitative estimate of drug-likeness (QED) is 0.197. The summed E-state index contributed by atoms with van der Waals surface area (Å²) in [5, 5.41) is 17.1. The Kier molecular flexibility index (Phi) is 7.41. The highest BCUT2D eigenvalue weighted by Crippen LogP contribution is 2.30. The average molecular weight is 493 g/mol. The van der Waals surface area contributed by atoms with E-state index in [4.69, 9.17) is 0 Å². The second-order valence-electron chi connectivity index (χ2n) is 7.58. The maximum atomic E-state index is 13.8. The van der Waals surface area contributed by atoms with Crippen molar-refractivity contribution in [3.63, 3.8) is 0 Å². The van der Waals surface area contributed by atoms with E-state index in [1.54, 1.807) is 12.1 Å². The number of amides is 2. The Morgan fingerprint density at radius 2 is 1.71 bits per heavy atom. The van der Waals surface area contributed by atoms with E-state index in [1.807, 2.05) is 35.0 Å². The zero-order valence-electron chi connectivity index (χ0n) is 18.4. The van der Waals surface area contributed by atoms with E-state index >= 15 is 0 Å². The number of benzene rings is 3. The van der Waals surface area contributed by atoms with Crippen molar-refractivity contribution < 1.29 is 18.9 Å². The standard InChI is InChI=1S/C25H21FN4O4S/c26-20-6-2-3-7-21(20)28-24(31)16-35-23-15-29(22-8-4-1-5-19(22)23)14-13-27-25(32)17-9-11-18(12-10-17)30(33)34/h1-12,15H,13-14,16H2,(H,27,32)(H,28,31). The van der Waals surface area contributed by atoms with E-state index in [1.165, 1.54) is 48.2 Å². The molecular weight excluding hydrogens is 471 g/mol. The molecule has 4 rings (SSSR count). The van der Waals surface area contributed by atoms with Gasteiger partial charge < -0.3 is 15.2 Å². The van der Waals surface area contributed by atoms with Crippen LogP contribution < -0.4 is 10.6 Å². The normalized spacial score (nSPS) is 10.8. The summed E-state index contributed by atoms with van der Waals surface area (Å²) in [5.41, 5.74) is 1.36. The van der Waals surface area contributed by atoms with E-state index in [0.29, 0.717) is 18.7 Å². The first-order valence-corrected chi connectivity index (χ1v) is 11.7. The van der Waals surface area contributed by atoms with Crippen LogP contribution in [-0.4, -0.2) is 33.6 Å². The average Bonchev–Trinajstić information content (AvgIpc) is 3.22. The number of hydrogen-bond acceptors (Lipinski definition) is 5. The molecule has 0 aliphatic rings. The summed E-state index contributed by atoms with van der Waals surface area (Å²) in [6.07, 6.45) is 1.92. The summed E-state index contributed by atoms with van der Waals surface area (Å²) in [7, 11) is 0. The molecular formula is C25H21FN4O4S. The van der Waals surface area contributed by atoms with Gasteiger partial charge in [0, 0.05) is 52.8 Å². The zero-order valence-corrected chi connectivity index (χ0v) is 19.3. The number of thioether (sulfide) groups is 1. The number of para-hydroxylation sites is 2. The SMILES string of the molecule is O=C(CSc1cn(CCNC(=O)c2ccc([N+](=O)[O-])cc2)c2ccccc12)Nc1ccccc1F. The lowest BCUT2D eigenvalue weighted by Crippen LogP contribution is -2.27. The maximum absolute atomic E-state index is 13.8. The van der Waals surface area contributed by atoms with E-state index in [2.05, 4.69) is 10.6 Å². The van der Waals surface area contributed by atoms with Gasteiger partial charge in [0.2, 0.25) is 5.91 Å². The summed E-state index contributed by atoms with van der Waals surface area (Å²) in [6, 6.07) is 19.2. The van der Waals surface area contributed by atoms with Crippen molar-refractivity contribution in [2.45, 2.75) is 11.4 Å². The Bertz CT molecular complexity index is 1390. The number of nitro benzene ring substituents is 1. The summed E-state index contributed by atoms with van der Waals surface area (Å²) in [6.45, 7) is 0.827. The van der Waals surface area contributed by atoms with Gasteiger partial charge in [0.1, 0.15) is 5.82 Å². The van der Waals surface area contributed by atoms with Crippen LogP contribution in [0.15, 0.2) is 83.9 Å². The molecule has 0 spiro atoms. The van der Waals surface area contributed by atoms with Crippen LogP contribution in [-0.2, 0) is 11.3 Å². The van der Waals surface area contributed by atoms with Crippen LogP contribution in [0.4, 0.5) is 15.8 Å². The molecule has 0 bridgehead atoms. The van der Waals surface area contributed by atoms with Crippen LogP contribution in [0.25, 0.3) is 10.9 Å². The van der Waals surface area contributed by atoms with Gasteiger partial charge in [-0.3, -0.25) is 19.7 Å². The lowest BCUT2D eigenvalue weighted by Gasteiger charge is -2.07. The Morgan fingerprint density at radius 3 is 2.46 bits per heavy atom. The van der Waals surface area contributed by atoms with Crippen molar-refractivity contribution in [1.29, 1.82) is 0 Å². The van der Waals surface area contributed by atoms with Crippen molar-refractivity contribution in [3.8, 4) is 0 Å². The molecule has 0 unspecified atom stereocenters. The van der Waals surface area contributed by atoms with Crippen LogP contribution >= 0.6 is 11.8 Å². The Labute approximate surface area is 204 Å². The number of hydrogen-bond donors (Lipinski definition) is 2. The molecule has 1 heterocycles. The number of rotatable bonds is 9. The topological polar surface area (TPSA) is 106 Å². The van der Waals surface area contributed by atoms with E-state index in [9.17, 15) is 24.1 Å². The second kappa shape index (κ2) is 10.8. The minimum Gasteiger partial charge on any atom is -0.350 e. The molecule has 35 heavy (non-hydrogen) atoms.